The second-order valence-corrected chi connectivity index (χ2v) is 11.7. The maximum Gasteiger partial charge on any atom is 0.416 e. The molecule has 0 bridgehead atoms. The molecule has 0 fully saturated rings. The number of amides is 2. The lowest BCUT2D eigenvalue weighted by molar-refractivity contribution is -0.153. The van der Waals surface area contributed by atoms with Gasteiger partial charge in [-0.25, -0.2) is 0 Å². The maximum absolute atomic E-state index is 13.7. The van der Waals surface area contributed by atoms with E-state index in [0.717, 1.165) is 17.7 Å². The standard InChI is InChI=1S/C36H32F3N3O7/c1-42(2)33(45)26-18-21(19-29(43)49-20-35(34(46)47)16-15-23-6-5-17-40-31(23)35)9-14-27(26)41-32(44)25-7-4-8-28(48-3)30(25)22-10-12-24(13-11-22)36(37,38)39/h4-14,17-18H,15-16,19-20H2,1-3H3,(H,41,44)(H,46,47). The van der Waals surface area contributed by atoms with E-state index in [4.69, 9.17) is 9.47 Å². The van der Waals surface area contributed by atoms with Crippen LogP contribution in [0.15, 0.2) is 79.0 Å². The number of nitrogens with zero attached hydrogens (tertiary/aromatic N) is 2. The molecule has 2 amide bonds. The van der Waals surface area contributed by atoms with E-state index in [2.05, 4.69) is 10.3 Å². The molecule has 0 radical (unpaired) electrons. The molecule has 1 aliphatic rings. The lowest BCUT2D eigenvalue weighted by atomic mass is 9.86. The summed E-state index contributed by atoms with van der Waals surface area (Å²) >= 11 is 0. The number of carbonyl (C=O) groups excluding carboxylic acids is 3. The molecule has 49 heavy (non-hydrogen) atoms. The van der Waals surface area contributed by atoms with Crippen LogP contribution in [-0.2, 0) is 38.8 Å². The van der Waals surface area contributed by atoms with Gasteiger partial charge in [0.1, 0.15) is 17.8 Å². The molecule has 0 saturated heterocycles. The second kappa shape index (κ2) is 13.8. The summed E-state index contributed by atoms with van der Waals surface area (Å²) in [5.74, 6) is -2.78. The Kier molecular flexibility index (Phi) is 9.74. The molecule has 0 saturated carbocycles. The fourth-order valence-corrected chi connectivity index (χ4v) is 5.80. The third kappa shape index (κ3) is 7.10. The Morgan fingerprint density at radius 3 is 2.37 bits per heavy atom. The van der Waals surface area contributed by atoms with Gasteiger partial charge in [-0.3, -0.25) is 24.2 Å². The number of aromatic nitrogens is 1. The van der Waals surface area contributed by atoms with Gasteiger partial charge in [0.05, 0.1) is 41.6 Å². The zero-order chi connectivity index (χ0) is 35.5. The van der Waals surface area contributed by atoms with Gasteiger partial charge in [0.25, 0.3) is 11.8 Å². The van der Waals surface area contributed by atoms with Gasteiger partial charge < -0.3 is 24.8 Å². The van der Waals surface area contributed by atoms with Crippen LogP contribution in [0.3, 0.4) is 0 Å². The van der Waals surface area contributed by atoms with Crippen molar-refractivity contribution in [2.24, 2.45) is 0 Å². The van der Waals surface area contributed by atoms with Crippen molar-refractivity contribution in [2.45, 2.75) is 30.9 Å². The minimum Gasteiger partial charge on any atom is -0.496 e. The number of halogens is 3. The SMILES string of the molecule is COc1cccc(C(=O)Nc2ccc(CC(=O)OCC3(C(=O)O)CCc4cccnc43)cc2C(=O)N(C)C)c1-c1ccc(C(F)(F)F)cc1. The summed E-state index contributed by atoms with van der Waals surface area (Å²) in [6, 6.07) is 16.8. The average molecular weight is 676 g/mol. The number of hydrogen-bond acceptors (Lipinski definition) is 7. The number of carboxylic acid groups (broad SMARTS) is 1. The first-order chi connectivity index (χ1) is 23.2. The molecule has 0 aliphatic heterocycles. The van der Waals surface area contributed by atoms with Crippen LogP contribution in [0.4, 0.5) is 18.9 Å². The lowest BCUT2D eigenvalue weighted by Gasteiger charge is -2.24. The van der Waals surface area contributed by atoms with Crippen molar-refractivity contribution in [3.05, 3.63) is 113 Å². The van der Waals surface area contributed by atoms with Crippen LogP contribution in [-0.4, -0.2) is 66.6 Å². The molecule has 5 rings (SSSR count). The Bertz CT molecular complexity index is 1930. The number of nitrogens with one attached hydrogen (secondary N) is 1. The van der Waals surface area contributed by atoms with Gasteiger partial charge in [-0.05, 0) is 72.0 Å². The Morgan fingerprint density at radius 1 is 0.980 bits per heavy atom. The van der Waals surface area contributed by atoms with Crippen molar-refractivity contribution < 1.29 is 46.9 Å². The minimum atomic E-state index is -4.54. The van der Waals surface area contributed by atoms with Gasteiger partial charge in [-0.2, -0.15) is 13.2 Å². The van der Waals surface area contributed by atoms with Crippen LogP contribution in [0.5, 0.6) is 5.75 Å². The minimum absolute atomic E-state index is 0.0542. The van der Waals surface area contributed by atoms with Crippen LogP contribution in [0.1, 0.15) is 49.5 Å². The molecule has 2 N–H and O–H groups in total. The molecule has 1 atom stereocenters. The highest BCUT2D eigenvalue weighted by atomic mass is 19.4. The summed E-state index contributed by atoms with van der Waals surface area (Å²) in [6.07, 6.45) is -2.63. The van der Waals surface area contributed by atoms with Crippen LogP contribution in [0.2, 0.25) is 0 Å². The average Bonchev–Trinajstić information content (AvgIpc) is 3.47. The summed E-state index contributed by atoms with van der Waals surface area (Å²) in [5.41, 5.74) is -0.0105. The summed E-state index contributed by atoms with van der Waals surface area (Å²) in [6.45, 7) is -0.412. The molecular weight excluding hydrogens is 643 g/mol. The first kappa shape index (κ1) is 34.6. The maximum atomic E-state index is 13.7. The number of hydrogen-bond donors (Lipinski definition) is 2. The summed E-state index contributed by atoms with van der Waals surface area (Å²) < 4.78 is 50.5. The van der Waals surface area contributed by atoms with Crippen LogP contribution in [0, 0.1) is 0 Å². The quantitative estimate of drug-likeness (QED) is 0.202. The van der Waals surface area contributed by atoms with Gasteiger partial charge in [0, 0.05) is 25.9 Å². The highest BCUT2D eigenvalue weighted by Crippen LogP contribution is 2.39. The molecule has 1 aromatic heterocycles. The molecule has 10 nitrogen and oxygen atoms in total. The van der Waals surface area contributed by atoms with Gasteiger partial charge in [0.15, 0.2) is 0 Å². The monoisotopic (exact) mass is 675 g/mol. The van der Waals surface area contributed by atoms with Crippen LogP contribution in [0.25, 0.3) is 11.1 Å². The number of ether oxygens (including phenoxy) is 2. The van der Waals surface area contributed by atoms with E-state index < -0.39 is 47.5 Å². The van der Waals surface area contributed by atoms with Crippen molar-refractivity contribution in [3.8, 4) is 16.9 Å². The molecule has 13 heteroatoms. The zero-order valence-corrected chi connectivity index (χ0v) is 26.8. The fraction of sp³-hybridized carbons (Fsp3) is 0.250. The normalized spacial score (nSPS) is 15.2. The zero-order valence-electron chi connectivity index (χ0n) is 26.8. The number of anilines is 1. The summed E-state index contributed by atoms with van der Waals surface area (Å²) in [7, 11) is 4.39. The number of pyridine rings is 1. The largest absolute Gasteiger partial charge is 0.496 e. The van der Waals surface area contributed by atoms with Gasteiger partial charge in [-0.1, -0.05) is 30.3 Å². The molecule has 1 unspecified atom stereocenters. The number of alkyl halides is 3. The first-order valence-electron chi connectivity index (χ1n) is 15.1. The van der Waals surface area contributed by atoms with Crippen molar-refractivity contribution in [1.29, 1.82) is 0 Å². The number of aliphatic carboxylic acids is 1. The van der Waals surface area contributed by atoms with Gasteiger partial charge in [0.2, 0.25) is 0 Å². The molecular formula is C36H32F3N3O7. The predicted molar refractivity (Wildman–Crippen MR) is 172 cm³/mol. The van der Waals surface area contributed by atoms with E-state index in [1.54, 1.807) is 24.3 Å². The number of esters is 1. The Hall–Kier alpha value is -5.72. The molecule has 1 aliphatic carbocycles. The van der Waals surface area contributed by atoms with Gasteiger partial charge >= 0.3 is 18.1 Å². The highest BCUT2D eigenvalue weighted by molar-refractivity contribution is 6.12. The molecule has 4 aromatic rings. The van der Waals surface area contributed by atoms with E-state index >= 15 is 0 Å². The molecule has 254 valence electrons. The Labute approximate surface area is 279 Å². The third-order valence-corrected chi connectivity index (χ3v) is 8.36. The summed E-state index contributed by atoms with van der Waals surface area (Å²) in [4.78, 5) is 57.7. The number of benzene rings is 3. The number of fused-ring (bicyclic) bond motifs is 1. The molecule has 0 spiro atoms. The van der Waals surface area contributed by atoms with E-state index in [9.17, 15) is 37.5 Å². The van der Waals surface area contributed by atoms with E-state index in [0.29, 0.717) is 23.2 Å². The van der Waals surface area contributed by atoms with Crippen LogP contribution >= 0.6 is 0 Å². The Balaban J connectivity index is 1.39. The number of carboxylic acids is 1. The van der Waals surface area contributed by atoms with Crippen molar-refractivity contribution in [2.75, 3.05) is 33.1 Å². The van der Waals surface area contributed by atoms with Gasteiger partial charge in [-0.15, -0.1) is 0 Å². The lowest BCUT2D eigenvalue weighted by Crippen LogP contribution is -2.40. The predicted octanol–water partition coefficient (Wildman–Crippen LogP) is 5.78. The smallest absolute Gasteiger partial charge is 0.416 e. The van der Waals surface area contributed by atoms with Crippen molar-refractivity contribution in [3.63, 3.8) is 0 Å². The second-order valence-electron chi connectivity index (χ2n) is 11.7. The highest BCUT2D eigenvalue weighted by Gasteiger charge is 2.48. The fourth-order valence-electron chi connectivity index (χ4n) is 5.80. The molecule has 1 heterocycles. The van der Waals surface area contributed by atoms with Crippen LogP contribution < -0.4 is 10.1 Å². The van der Waals surface area contributed by atoms with E-state index in [-0.39, 0.29) is 41.0 Å². The topological polar surface area (TPSA) is 135 Å². The third-order valence-electron chi connectivity index (χ3n) is 8.36. The Morgan fingerprint density at radius 2 is 1.71 bits per heavy atom. The summed E-state index contributed by atoms with van der Waals surface area (Å²) in [5, 5.41) is 12.8. The van der Waals surface area contributed by atoms with E-state index in [1.165, 1.54) is 68.7 Å². The first-order valence-corrected chi connectivity index (χ1v) is 15.1. The van der Waals surface area contributed by atoms with E-state index in [1.807, 2.05) is 0 Å². The molecule has 3 aromatic carbocycles. The number of aryl methyl sites for hydroxylation is 1. The number of methoxy groups -OCH3 is 1. The number of rotatable bonds is 10. The number of carbonyl (C=O) groups is 4. The van der Waals surface area contributed by atoms with Crippen molar-refractivity contribution in [1.82, 2.24) is 9.88 Å². The van der Waals surface area contributed by atoms with Crippen molar-refractivity contribution >= 4 is 29.4 Å².